The number of aromatic amines is 1. The second-order valence-electron chi connectivity index (χ2n) is 4.92. The number of pyridine rings is 1. The van der Waals surface area contributed by atoms with Gasteiger partial charge in [-0.1, -0.05) is 13.8 Å². The first-order chi connectivity index (χ1) is 9.59. The highest BCUT2D eigenvalue weighted by atomic mass is 16.1. The molecule has 0 atom stereocenters. The van der Waals surface area contributed by atoms with Crippen LogP contribution in [0.3, 0.4) is 0 Å². The molecule has 6 nitrogen and oxygen atoms in total. The van der Waals surface area contributed by atoms with E-state index in [1.807, 2.05) is 26.0 Å². The lowest BCUT2D eigenvalue weighted by molar-refractivity contribution is 0.0950. The predicted molar refractivity (Wildman–Crippen MR) is 77.4 cm³/mol. The van der Waals surface area contributed by atoms with Crippen LogP contribution in [0.15, 0.2) is 24.5 Å². The van der Waals surface area contributed by atoms with Crippen LogP contribution in [-0.2, 0) is 6.42 Å². The molecule has 0 unspecified atom stereocenters. The number of carbonyl (C=O) groups excluding carboxylic acids is 1. The molecule has 0 saturated heterocycles. The zero-order valence-electron chi connectivity index (χ0n) is 11.7. The molecular weight excluding hydrogens is 254 g/mol. The lowest BCUT2D eigenvalue weighted by atomic mass is 10.1. The van der Waals surface area contributed by atoms with Crippen LogP contribution in [0.2, 0.25) is 0 Å². The summed E-state index contributed by atoms with van der Waals surface area (Å²) in [5.74, 6) is -0.0411. The third-order valence-corrected chi connectivity index (χ3v) is 3.07. The number of hydrogen-bond donors (Lipinski definition) is 3. The first kappa shape index (κ1) is 14.0. The van der Waals surface area contributed by atoms with Gasteiger partial charge in [-0.15, -0.1) is 0 Å². The Morgan fingerprint density at radius 1 is 1.40 bits per heavy atom. The van der Waals surface area contributed by atoms with Crippen LogP contribution in [0.1, 0.15) is 41.5 Å². The largest absolute Gasteiger partial charge is 0.395 e. The van der Waals surface area contributed by atoms with Gasteiger partial charge in [0.1, 0.15) is 0 Å². The van der Waals surface area contributed by atoms with E-state index in [0.29, 0.717) is 12.2 Å². The number of H-pyrrole nitrogens is 1. The number of aromatic nitrogens is 3. The van der Waals surface area contributed by atoms with Crippen LogP contribution in [0, 0.1) is 0 Å². The number of hydrogen-bond acceptors (Lipinski definition) is 4. The molecule has 2 heterocycles. The summed E-state index contributed by atoms with van der Waals surface area (Å²) in [6.07, 6.45) is 4.21. The summed E-state index contributed by atoms with van der Waals surface area (Å²) in [4.78, 5) is 16.0. The number of nitrogens with one attached hydrogen (secondary N) is 2. The number of rotatable bonds is 5. The number of amides is 1. The molecule has 1 amide bonds. The van der Waals surface area contributed by atoms with Gasteiger partial charge in [0.2, 0.25) is 0 Å². The molecule has 106 valence electrons. The number of nitrogens with two attached hydrogens (primary N) is 1. The average molecular weight is 273 g/mol. The van der Waals surface area contributed by atoms with Crippen molar-refractivity contribution in [2.45, 2.75) is 26.2 Å². The van der Waals surface area contributed by atoms with Crippen LogP contribution in [0.4, 0.5) is 5.69 Å². The van der Waals surface area contributed by atoms with Gasteiger partial charge in [0.05, 0.1) is 11.4 Å². The first-order valence-corrected chi connectivity index (χ1v) is 6.60. The Balaban J connectivity index is 1.92. The highest BCUT2D eigenvalue weighted by Crippen LogP contribution is 2.21. The monoisotopic (exact) mass is 273 g/mol. The molecule has 0 radical (unpaired) electrons. The van der Waals surface area contributed by atoms with Crippen molar-refractivity contribution in [3.8, 4) is 0 Å². The predicted octanol–water partition coefficient (Wildman–Crippen LogP) is 1.48. The molecule has 0 aromatic carbocycles. The minimum Gasteiger partial charge on any atom is -0.395 e. The second-order valence-corrected chi connectivity index (χ2v) is 4.92. The van der Waals surface area contributed by atoms with Crippen molar-refractivity contribution in [2.75, 3.05) is 12.3 Å². The van der Waals surface area contributed by atoms with Crippen molar-refractivity contribution in [2.24, 2.45) is 0 Å². The first-order valence-electron chi connectivity index (χ1n) is 6.60. The highest BCUT2D eigenvalue weighted by molar-refractivity contribution is 5.97. The summed E-state index contributed by atoms with van der Waals surface area (Å²) in [5.41, 5.74) is 8.54. The third kappa shape index (κ3) is 3.14. The number of anilines is 1. The lowest BCUT2D eigenvalue weighted by Gasteiger charge is -2.05. The molecule has 2 aromatic rings. The maximum absolute atomic E-state index is 12.0. The third-order valence-electron chi connectivity index (χ3n) is 3.07. The van der Waals surface area contributed by atoms with E-state index in [1.54, 1.807) is 12.4 Å². The lowest BCUT2D eigenvalue weighted by Crippen LogP contribution is -2.26. The van der Waals surface area contributed by atoms with E-state index in [2.05, 4.69) is 20.5 Å². The van der Waals surface area contributed by atoms with E-state index >= 15 is 0 Å². The van der Waals surface area contributed by atoms with E-state index in [9.17, 15) is 4.79 Å². The molecule has 0 aliphatic rings. The Kier molecular flexibility index (Phi) is 4.34. The van der Waals surface area contributed by atoms with Crippen molar-refractivity contribution >= 4 is 11.6 Å². The Morgan fingerprint density at radius 3 is 2.70 bits per heavy atom. The number of carbonyl (C=O) groups is 1. The fourth-order valence-corrected chi connectivity index (χ4v) is 1.93. The second kappa shape index (κ2) is 6.18. The van der Waals surface area contributed by atoms with Crippen molar-refractivity contribution in [3.05, 3.63) is 41.5 Å². The van der Waals surface area contributed by atoms with E-state index in [1.165, 1.54) is 0 Å². The van der Waals surface area contributed by atoms with Crippen LogP contribution in [0.5, 0.6) is 0 Å². The summed E-state index contributed by atoms with van der Waals surface area (Å²) in [6.45, 7) is 4.52. The fourth-order valence-electron chi connectivity index (χ4n) is 1.93. The highest BCUT2D eigenvalue weighted by Gasteiger charge is 2.18. The van der Waals surface area contributed by atoms with E-state index in [4.69, 9.17) is 5.73 Å². The molecule has 4 N–H and O–H groups in total. The molecule has 0 bridgehead atoms. The maximum Gasteiger partial charge on any atom is 0.273 e. The minimum absolute atomic E-state index is 0.209. The van der Waals surface area contributed by atoms with Gasteiger partial charge in [-0.05, 0) is 30.0 Å². The van der Waals surface area contributed by atoms with Crippen LogP contribution in [-0.4, -0.2) is 27.6 Å². The SMILES string of the molecule is CC(C)c1[nH]nc(C(=O)NCCc2ccncc2)c1N. The van der Waals surface area contributed by atoms with Crippen molar-refractivity contribution < 1.29 is 4.79 Å². The average Bonchev–Trinajstić information content (AvgIpc) is 2.82. The van der Waals surface area contributed by atoms with Crippen LogP contribution in [0.25, 0.3) is 0 Å². The number of nitrogen functional groups attached to an aromatic ring is 1. The topological polar surface area (TPSA) is 96.7 Å². The fraction of sp³-hybridized carbons (Fsp3) is 0.357. The zero-order valence-corrected chi connectivity index (χ0v) is 11.7. The maximum atomic E-state index is 12.0. The van der Waals surface area contributed by atoms with Gasteiger partial charge in [-0.3, -0.25) is 14.9 Å². The molecule has 2 rings (SSSR count). The molecule has 20 heavy (non-hydrogen) atoms. The van der Waals surface area contributed by atoms with Gasteiger partial charge < -0.3 is 11.1 Å². The summed E-state index contributed by atoms with van der Waals surface area (Å²) in [7, 11) is 0. The summed E-state index contributed by atoms with van der Waals surface area (Å²) < 4.78 is 0. The zero-order chi connectivity index (χ0) is 14.5. The Morgan fingerprint density at radius 2 is 2.10 bits per heavy atom. The summed E-state index contributed by atoms with van der Waals surface area (Å²) >= 11 is 0. The minimum atomic E-state index is -0.250. The Bertz CT molecular complexity index is 577. The summed E-state index contributed by atoms with van der Waals surface area (Å²) in [5, 5.41) is 9.63. The standard InChI is InChI=1S/C14H19N5O/c1-9(2)12-11(15)13(19-18-12)14(20)17-8-5-10-3-6-16-7-4-10/h3-4,6-7,9H,5,8,15H2,1-2H3,(H,17,20)(H,18,19). The van der Waals surface area contributed by atoms with E-state index < -0.39 is 0 Å². The van der Waals surface area contributed by atoms with Crippen molar-refractivity contribution in [3.63, 3.8) is 0 Å². The van der Waals surface area contributed by atoms with Crippen LogP contribution < -0.4 is 11.1 Å². The summed E-state index contributed by atoms with van der Waals surface area (Å²) in [6, 6.07) is 3.85. The molecule has 0 spiro atoms. The van der Waals surface area contributed by atoms with Gasteiger partial charge in [-0.25, -0.2) is 0 Å². The molecular formula is C14H19N5O. The van der Waals surface area contributed by atoms with Gasteiger partial charge in [0, 0.05) is 18.9 Å². The quantitative estimate of drug-likeness (QED) is 0.768. The van der Waals surface area contributed by atoms with Crippen LogP contribution >= 0.6 is 0 Å². The number of nitrogens with zero attached hydrogens (tertiary/aromatic N) is 2. The molecule has 6 heteroatoms. The van der Waals surface area contributed by atoms with Gasteiger partial charge >= 0.3 is 0 Å². The van der Waals surface area contributed by atoms with Gasteiger partial charge in [0.15, 0.2) is 5.69 Å². The smallest absolute Gasteiger partial charge is 0.273 e. The Labute approximate surface area is 117 Å². The van der Waals surface area contributed by atoms with Crippen molar-refractivity contribution in [1.82, 2.24) is 20.5 Å². The van der Waals surface area contributed by atoms with Gasteiger partial charge in [0.25, 0.3) is 5.91 Å². The molecule has 0 aliphatic heterocycles. The van der Waals surface area contributed by atoms with Crippen molar-refractivity contribution in [1.29, 1.82) is 0 Å². The molecule has 2 aromatic heterocycles. The molecule has 0 fully saturated rings. The molecule has 0 saturated carbocycles. The van der Waals surface area contributed by atoms with E-state index in [-0.39, 0.29) is 17.5 Å². The van der Waals surface area contributed by atoms with E-state index in [0.717, 1.165) is 17.7 Å². The normalized spacial score (nSPS) is 10.8. The Hall–Kier alpha value is -2.37. The molecule has 0 aliphatic carbocycles. The van der Waals surface area contributed by atoms with Gasteiger partial charge in [-0.2, -0.15) is 5.10 Å².